The number of ether oxygens (including phenoxy) is 3. The van der Waals surface area contributed by atoms with Crippen molar-refractivity contribution in [3.63, 3.8) is 0 Å². The van der Waals surface area contributed by atoms with Gasteiger partial charge in [-0.15, -0.1) is 0 Å². The first kappa shape index (κ1) is 21.4. The van der Waals surface area contributed by atoms with Crippen LogP contribution >= 0.6 is 0 Å². The Morgan fingerprint density at radius 3 is 2.58 bits per heavy atom. The van der Waals surface area contributed by atoms with Gasteiger partial charge in [-0.3, -0.25) is 9.89 Å². The molecule has 0 unspecified atom stereocenters. The number of nitrogens with one attached hydrogen (secondary N) is 2. The molecular weight excluding hydrogens is 332 g/mol. The van der Waals surface area contributed by atoms with E-state index in [0.717, 1.165) is 64.7 Å². The third-order valence-corrected chi connectivity index (χ3v) is 5.27. The summed E-state index contributed by atoms with van der Waals surface area (Å²) in [6.07, 6.45) is 5.76. The number of hydrogen-bond acceptors (Lipinski definition) is 5. The quantitative estimate of drug-likeness (QED) is 0.324. The van der Waals surface area contributed by atoms with Gasteiger partial charge in [-0.05, 0) is 52.1 Å². The van der Waals surface area contributed by atoms with Crippen LogP contribution in [-0.2, 0) is 14.2 Å². The number of methoxy groups -OCH3 is 1. The Bertz CT molecular complexity index is 394. The van der Waals surface area contributed by atoms with E-state index in [2.05, 4.69) is 22.5 Å². The second-order valence-electron chi connectivity index (χ2n) is 7.11. The third-order valence-electron chi connectivity index (χ3n) is 5.27. The minimum Gasteiger partial charge on any atom is -0.382 e. The van der Waals surface area contributed by atoms with Gasteiger partial charge in [0.2, 0.25) is 0 Å². The molecule has 26 heavy (non-hydrogen) atoms. The van der Waals surface area contributed by atoms with Gasteiger partial charge in [0.05, 0.1) is 19.8 Å². The molecule has 2 heterocycles. The van der Waals surface area contributed by atoms with E-state index in [1.807, 2.05) is 0 Å². The zero-order chi connectivity index (χ0) is 18.5. The summed E-state index contributed by atoms with van der Waals surface area (Å²) >= 11 is 0. The van der Waals surface area contributed by atoms with Crippen LogP contribution in [0.15, 0.2) is 4.99 Å². The third kappa shape index (κ3) is 7.02. The van der Waals surface area contributed by atoms with Gasteiger partial charge in [0, 0.05) is 45.6 Å². The fourth-order valence-electron chi connectivity index (χ4n) is 3.71. The topological polar surface area (TPSA) is 67.4 Å². The summed E-state index contributed by atoms with van der Waals surface area (Å²) in [7, 11) is 1.69. The van der Waals surface area contributed by atoms with Crippen LogP contribution in [0, 0.1) is 0 Å². The summed E-state index contributed by atoms with van der Waals surface area (Å²) in [5.41, 5.74) is 0.181. The summed E-state index contributed by atoms with van der Waals surface area (Å²) in [4.78, 5) is 7.60. The molecule has 2 N–H and O–H groups in total. The molecule has 2 saturated heterocycles. The fraction of sp³-hybridized carbons (Fsp3) is 0.947. The maximum atomic E-state index is 5.63. The molecule has 2 fully saturated rings. The van der Waals surface area contributed by atoms with Crippen LogP contribution in [0.3, 0.4) is 0 Å². The van der Waals surface area contributed by atoms with E-state index in [1.165, 1.54) is 25.9 Å². The average molecular weight is 371 g/mol. The maximum Gasteiger partial charge on any atom is 0.191 e. The van der Waals surface area contributed by atoms with Crippen molar-refractivity contribution in [1.29, 1.82) is 0 Å². The van der Waals surface area contributed by atoms with E-state index in [1.54, 1.807) is 7.11 Å². The Hall–Kier alpha value is -0.890. The van der Waals surface area contributed by atoms with Gasteiger partial charge in [-0.1, -0.05) is 0 Å². The molecule has 2 rings (SSSR count). The number of likely N-dealkylation sites (tertiary alicyclic amines) is 1. The van der Waals surface area contributed by atoms with Gasteiger partial charge in [-0.25, -0.2) is 0 Å². The number of aliphatic imine (C=N–C) groups is 1. The second-order valence-corrected chi connectivity index (χ2v) is 7.11. The summed E-state index contributed by atoms with van der Waals surface area (Å²) in [5, 5.41) is 6.81. The van der Waals surface area contributed by atoms with Crippen LogP contribution < -0.4 is 10.6 Å². The highest BCUT2D eigenvalue weighted by Gasteiger charge is 2.39. The summed E-state index contributed by atoms with van der Waals surface area (Å²) in [6, 6.07) is 0. The molecule has 7 heteroatoms. The van der Waals surface area contributed by atoms with Gasteiger partial charge in [0.1, 0.15) is 0 Å². The van der Waals surface area contributed by atoms with Crippen LogP contribution in [0.2, 0.25) is 0 Å². The van der Waals surface area contributed by atoms with Crippen molar-refractivity contribution in [2.75, 3.05) is 72.9 Å². The first-order chi connectivity index (χ1) is 12.8. The molecule has 0 aliphatic carbocycles. The highest BCUT2D eigenvalue weighted by atomic mass is 16.5. The molecule has 0 bridgehead atoms. The van der Waals surface area contributed by atoms with Gasteiger partial charge >= 0.3 is 0 Å². The van der Waals surface area contributed by atoms with Crippen LogP contribution in [0.4, 0.5) is 0 Å². The van der Waals surface area contributed by atoms with E-state index in [-0.39, 0.29) is 5.54 Å². The van der Waals surface area contributed by atoms with Gasteiger partial charge in [0.25, 0.3) is 0 Å². The van der Waals surface area contributed by atoms with Crippen molar-refractivity contribution in [3.8, 4) is 0 Å². The Balaban J connectivity index is 1.81. The van der Waals surface area contributed by atoms with Crippen molar-refractivity contribution in [1.82, 2.24) is 15.5 Å². The molecule has 0 saturated carbocycles. The first-order valence-electron chi connectivity index (χ1n) is 10.2. The SMILES string of the molecule is CCNC(=NCC1(N2CCCC2)CCOCC1)NCCCOCCOC. The average Bonchev–Trinajstić information content (AvgIpc) is 3.21. The molecule has 0 radical (unpaired) electrons. The first-order valence-corrected chi connectivity index (χ1v) is 10.2. The Morgan fingerprint density at radius 1 is 1.12 bits per heavy atom. The number of rotatable bonds is 11. The zero-order valence-corrected chi connectivity index (χ0v) is 16.7. The van der Waals surface area contributed by atoms with Crippen molar-refractivity contribution in [3.05, 3.63) is 0 Å². The summed E-state index contributed by atoms with van der Waals surface area (Å²) < 4.78 is 16.1. The molecule has 152 valence electrons. The molecule has 7 nitrogen and oxygen atoms in total. The zero-order valence-electron chi connectivity index (χ0n) is 16.7. The molecule has 2 aliphatic heterocycles. The van der Waals surface area contributed by atoms with E-state index in [4.69, 9.17) is 19.2 Å². The molecule has 2 aliphatic rings. The lowest BCUT2D eigenvalue weighted by Gasteiger charge is -2.43. The van der Waals surface area contributed by atoms with Crippen LogP contribution in [0.1, 0.15) is 39.0 Å². The van der Waals surface area contributed by atoms with E-state index in [0.29, 0.717) is 13.2 Å². The Labute approximate surface area is 158 Å². The van der Waals surface area contributed by atoms with Gasteiger partial charge in [-0.2, -0.15) is 0 Å². The fourth-order valence-corrected chi connectivity index (χ4v) is 3.71. The molecule has 0 amide bonds. The van der Waals surface area contributed by atoms with Crippen LogP contribution in [0.25, 0.3) is 0 Å². The molecule has 0 aromatic carbocycles. The van der Waals surface area contributed by atoms with Crippen molar-refractivity contribution >= 4 is 5.96 Å². The van der Waals surface area contributed by atoms with E-state index in [9.17, 15) is 0 Å². The minimum atomic E-state index is 0.181. The van der Waals surface area contributed by atoms with Crippen LogP contribution in [-0.4, -0.2) is 89.3 Å². The van der Waals surface area contributed by atoms with E-state index < -0.39 is 0 Å². The number of guanidine groups is 1. The minimum absolute atomic E-state index is 0.181. The molecule has 0 aromatic heterocycles. The lowest BCUT2D eigenvalue weighted by atomic mass is 9.88. The highest BCUT2D eigenvalue weighted by Crippen LogP contribution is 2.31. The largest absolute Gasteiger partial charge is 0.382 e. The van der Waals surface area contributed by atoms with Gasteiger partial charge < -0.3 is 24.8 Å². The Kier molecular flexibility index (Phi) is 10.3. The summed E-state index contributed by atoms with van der Waals surface area (Å²) in [5.74, 6) is 0.912. The van der Waals surface area contributed by atoms with Crippen molar-refractivity contribution in [2.24, 2.45) is 4.99 Å². The van der Waals surface area contributed by atoms with Crippen LogP contribution in [0.5, 0.6) is 0 Å². The Morgan fingerprint density at radius 2 is 1.88 bits per heavy atom. The predicted molar refractivity (Wildman–Crippen MR) is 105 cm³/mol. The van der Waals surface area contributed by atoms with Crippen molar-refractivity contribution in [2.45, 2.75) is 44.6 Å². The monoisotopic (exact) mass is 370 g/mol. The number of nitrogens with zero attached hydrogens (tertiary/aromatic N) is 2. The van der Waals surface area contributed by atoms with E-state index >= 15 is 0 Å². The smallest absolute Gasteiger partial charge is 0.191 e. The molecule has 0 aromatic rings. The molecule has 0 spiro atoms. The second kappa shape index (κ2) is 12.5. The lowest BCUT2D eigenvalue weighted by Crippen LogP contribution is -2.54. The normalized spacial score (nSPS) is 21.1. The number of hydrogen-bond donors (Lipinski definition) is 2. The maximum absolute atomic E-state index is 5.63. The predicted octanol–water partition coefficient (Wildman–Crippen LogP) is 1.24. The summed E-state index contributed by atoms with van der Waals surface area (Å²) in [6.45, 7) is 10.9. The lowest BCUT2D eigenvalue weighted by molar-refractivity contribution is -0.0139. The van der Waals surface area contributed by atoms with Gasteiger partial charge in [0.15, 0.2) is 5.96 Å². The molecule has 0 atom stereocenters. The molecular formula is C19H38N4O3. The van der Waals surface area contributed by atoms with Crippen molar-refractivity contribution < 1.29 is 14.2 Å². The standard InChI is InChI=1S/C19H38N4O3/c1-3-20-18(21-9-6-12-25-16-15-24-2)22-17-19(7-13-26-14-8-19)23-10-4-5-11-23/h3-17H2,1-2H3,(H2,20,21,22). The highest BCUT2D eigenvalue weighted by molar-refractivity contribution is 5.79.